The Bertz CT molecular complexity index is 434. The van der Waals surface area contributed by atoms with E-state index in [2.05, 4.69) is 50.8 Å². The molecule has 0 aliphatic rings. The standard InChI is InChI=1S/C16H25N3/c1-12(2)10-19(11-13(3)4)15-5-6-16(18)14(9-15)7-8-17/h5-6,9,12-13H,7,10-11,18H2,1-4H3. The lowest BCUT2D eigenvalue weighted by Crippen LogP contribution is -2.31. The van der Waals surface area contributed by atoms with Crippen LogP contribution in [0.25, 0.3) is 0 Å². The van der Waals surface area contributed by atoms with E-state index in [1.54, 1.807) is 0 Å². The molecule has 0 heterocycles. The fourth-order valence-corrected chi connectivity index (χ4v) is 2.19. The first kappa shape index (κ1) is 15.4. The molecule has 0 saturated carbocycles. The highest BCUT2D eigenvalue weighted by molar-refractivity contribution is 5.59. The molecule has 0 fully saturated rings. The largest absolute Gasteiger partial charge is 0.398 e. The summed E-state index contributed by atoms with van der Waals surface area (Å²) in [5, 5.41) is 8.85. The zero-order chi connectivity index (χ0) is 14.4. The minimum Gasteiger partial charge on any atom is -0.398 e. The first-order valence-electron chi connectivity index (χ1n) is 6.94. The lowest BCUT2D eigenvalue weighted by atomic mass is 10.1. The van der Waals surface area contributed by atoms with E-state index in [1.807, 2.05) is 6.07 Å². The highest BCUT2D eigenvalue weighted by atomic mass is 15.1. The van der Waals surface area contributed by atoms with E-state index in [1.165, 1.54) is 5.69 Å². The van der Waals surface area contributed by atoms with Crippen molar-refractivity contribution in [3.63, 3.8) is 0 Å². The number of nitrogens with two attached hydrogens (primary N) is 1. The molecule has 0 unspecified atom stereocenters. The number of hydrogen-bond acceptors (Lipinski definition) is 3. The van der Waals surface area contributed by atoms with Crippen molar-refractivity contribution in [2.45, 2.75) is 34.1 Å². The summed E-state index contributed by atoms with van der Waals surface area (Å²) in [5.74, 6) is 1.21. The molecule has 2 N–H and O–H groups in total. The molecule has 19 heavy (non-hydrogen) atoms. The lowest BCUT2D eigenvalue weighted by molar-refractivity contribution is 0.552. The molecule has 0 spiro atoms. The van der Waals surface area contributed by atoms with Crippen molar-refractivity contribution in [1.29, 1.82) is 5.26 Å². The van der Waals surface area contributed by atoms with Crippen LogP contribution in [0.4, 0.5) is 11.4 Å². The monoisotopic (exact) mass is 259 g/mol. The van der Waals surface area contributed by atoms with Gasteiger partial charge in [0.15, 0.2) is 0 Å². The van der Waals surface area contributed by atoms with Crippen LogP contribution in [0.2, 0.25) is 0 Å². The van der Waals surface area contributed by atoms with Gasteiger partial charge < -0.3 is 10.6 Å². The van der Waals surface area contributed by atoms with E-state index >= 15 is 0 Å². The van der Waals surface area contributed by atoms with E-state index in [-0.39, 0.29) is 0 Å². The molecular weight excluding hydrogens is 234 g/mol. The normalized spacial score (nSPS) is 10.8. The first-order chi connectivity index (χ1) is 8.93. The number of anilines is 2. The van der Waals surface area contributed by atoms with E-state index in [9.17, 15) is 0 Å². The van der Waals surface area contributed by atoms with Crippen molar-refractivity contribution in [3.8, 4) is 6.07 Å². The van der Waals surface area contributed by atoms with Gasteiger partial charge in [-0.15, -0.1) is 0 Å². The highest BCUT2D eigenvalue weighted by Gasteiger charge is 2.12. The lowest BCUT2D eigenvalue weighted by Gasteiger charge is -2.29. The molecule has 0 saturated heterocycles. The summed E-state index contributed by atoms with van der Waals surface area (Å²) in [6, 6.07) is 8.20. The van der Waals surface area contributed by atoms with Gasteiger partial charge in [0.1, 0.15) is 0 Å². The summed E-state index contributed by atoms with van der Waals surface area (Å²) in [4.78, 5) is 2.38. The van der Waals surface area contributed by atoms with Crippen LogP contribution in [0.15, 0.2) is 18.2 Å². The Balaban J connectivity index is 3.01. The Kier molecular flexibility index (Phi) is 5.69. The van der Waals surface area contributed by atoms with Crippen LogP contribution in [0, 0.1) is 23.2 Å². The third kappa shape index (κ3) is 4.82. The van der Waals surface area contributed by atoms with Crippen LogP contribution in [0.3, 0.4) is 0 Å². The zero-order valence-electron chi connectivity index (χ0n) is 12.5. The summed E-state index contributed by atoms with van der Waals surface area (Å²) in [5.41, 5.74) is 8.71. The second-order valence-electron chi connectivity index (χ2n) is 5.91. The van der Waals surface area contributed by atoms with Crippen molar-refractivity contribution in [3.05, 3.63) is 23.8 Å². The van der Waals surface area contributed by atoms with E-state index in [0.717, 1.165) is 18.7 Å². The summed E-state index contributed by atoms with van der Waals surface area (Å²) in [6.45, 7) is 10.9. The average molecular weight is 259 g/mol. The van der Waals surface area contributed by atoms with Crippen molar-refractivity contribution in [2.24, 2.45) is 11.8 Å². The predicted octanol–water partition coefficient (Wildman–Crippen LogP) is 3.45. The maximum Gasteiger partial charge on any atom is 0.0670 e. The molecular formula is C16H25N3. The molecule has 0 atom stereocenters. The minimum absolute atomic E-state index is 0.372. The fourth-order valence-electron chi connectivity index (χ4n) is 2.19. The summed E-state index contributed by atoms with van der Waals surface area (Å²) < 4.78 is 0. The molecule has 0 aliphatic carbocycles. The van der Waals surface area contributed by atoms with Crippen LogP contribution in [-0.4, -0.2) is 13.1 Å². The minimum atomic E-state index is 0.372. The van der Waals surface area contributed by atoms with E-state index in [4.69, 9.17) is 11.0 Å². The van der Waals surface area contributed by atoms with Crippen molar-refractivity contribution in [2.75, 3.05) is 23.7 Å². The molecule has 0 radical (unpaired) electrons. The first-order valence-corrected chi connectivity index (χ1v) is 6.94. The fraction of sp³-hybridized carbons (Fsp3) is 0.562. The number of benzene rings is 1. The Morgan fingerprint density at radius 1 is 1.16 bits per heavy atom. The number of hydrogen-bond donors (Lipinski definition) is 1. The molecule has 1 aromatic carbocycles. The van der Waals surface area contributed by atoms with Gasteiger partial charge in [0.25, 0.3) is 0 Å². The van der Waals surface area contributed by atoms with Gasteiger partial charge in [-0.3, -0.25) is 0 Å². The topological polar surface area (TPSA) is 53.0 Å². The number of rotatable bonds is 6. The molecule has 0 aliphatic heterocycles. The third-order valence-electron chi connectivity index (χ3n) is 2.93. The maximum absolute atomic E-state index is 8.85. The van der Waals surface area contributed by atoms with Crippen LogP contribution in [-0.2, 0) is 6.42 Å². The number of nitrogen functional groups attached to an aromatic ring is 1. The van der Waals surface area contributed by atoms with Gasteiger partial charge in [0.05, 0.1) is 12.5 Å². The van der Waals surface area contributed by atoms with Crippen molar-refractivity contribution < 1.29 is 0 Å². The SMILES string of the molecule is CC(C)CN(CC(C)C)c1ccc(N)c(CC#N)c1. The predicted molar refractivity (Wildman–Crippen MR) is 82.1 cm³/mol. The van der Waals surface area contributed by atoms with Gasteiger partial charge in [0, 0.05) is 24.5 Å². The quantitative estimate of drug-likeness (QED) is 0.796. The van der Waals surface area contributed by atoms with Crippen LogP contribution >= 0.6 is 0 Å². The van der Waals surface area contributed by atoms with Gasteiger partial charge >= 0.3 is 0 Å². The van der Waals surface area contributed by atoms with Crippen LogP contribution < -0.4 is 10.6 Å². The molecule has 0 aromatic heterocycles. The zero-order valence-corrected chi connectivity index (χ0v) is 12.5. The second kappa shape index (κ2) is 7.04. The molecule has 0 amide bonds. The molecule has 3 heteroatoms. The van der Waals surface area contributed by atoms with Crippen LogP contribution in [0.1, 0.15) is 33.3 Å². The van der Waals surface area contributed by atoms with Crippen molar-refractivity contribution in [1.82, 2.24) is 0 Å². The Labute approximate surface area is 117 Å². The van der Waals surface area contributed by atoms with E-state index < -0.39 is 0 Å². The average Bonchev–Trinajstić information content (AvgIpc) is 2.30. The Hall–Kier alpha value is -1.69. The molecule has 1 rings (SSSR count). The molecule has 0 bridgehead atoms. The van der Waals surface area contributed by atoms with Gasteiger partial charge in [0.2, 0.25) is 0 Å². The third-order valence-corrected chi connectivity index (χ3v) is 2.93. The number of nitrogens with zero attached hydrogens (tertiary/aromatic N) is 2. The van der Waals surface area contributed by atoms with Crippen molar-refractivity contribution >= 4 is 11.4 Å². The second-order valence-corrected chi connectivity index (χ2v) is 5.91. The maximum atomic E-state index is 8.85. The molecule has 104 valence electrons. The van der Waals surface area contributed by atoms with Gasteiger partial charge in [-0.1, -0.05) is 27.7 Å². The van der Waals surface area contributed by atoms with E-state index in [0.29, 0.717) is 23.9 Å². The summed E-state index contributed by atoms with van der Waals surface area (Å²) in [6.07, 6.45) is 0.372. The van der Waals surface area contributed by atoms with Crippen LogP contribution in [0.5, 0.6) is 0 Å². The van der Waals surface area contributed by atoms with Gasteiger partial charge in [-0.2, -0.15) is 5.26 Å². The molecule has 3 nitrogen and oxygen atoms in total. The van der Waals surface area contributed by atoms with Gasteiger partial charge in [-0.05, 0) is 35.6 Å². The molecule has 1 aromatic rings. The number of nitriles is 1. The summed E-state index contributed by atoms with van der Waals surface area (Å²) in [7, 11) is 0. The highest BCUT2D eigenvalue weighted by Crippen LogP contribution is 2.23. The smallest absolute Gasteiger partial charge is 0.0670 e. The Morgan fingerprint density at radius 3 is 2.21 bits per heavy atom. The van der Waals surface area contributed by atoms with Gasteiger partial charge in [-0.25, -0.2) is 0 Å². The Morgan fingerprint density at radius 2 is 1.74 bits per heavy atom. The summed E-state index contributed by atoms with van der Waals surface area (Å²) >= 11 is 0.